The molecule has 0 amide bonds. The average molecular weight is 340 g/mol. The largest absolute Gasteiger partial charge is 0.497 e. The van der Waals surface area contributed by atoms with Gasteiger partial charge in [-0.15, -0.1) is 0 Å². The lowest BCUT2D eigenvalue weighted by molar-refractivity contribution is -0.142. The molecule has 2 aromatic carbocycles. The van der Waals surface area contributed by atoms with Crippen molar-refractivity contribution in [2.24, 2.45) is 0 Å². The molecule has 0 radical (unpaired) electrons. The molecule has 3 rings (SSSR count). The SMILES string of the molecule is COc1ccc(COc2cccc3c2C(=O)C(OC(C)=O)C3=O)cc1. The van der Waals surface area contributed by atoms with Crippen LogP contribution in [-0.2, 0) is 16.1 Å². The third kappa shape index (κ3) is 3.24. The van der Waals surface area contributed by atoms with E-state index in [4.69, 9.17) is 14.2 Å². The standard InChI is InChI=1S/C19H16O6/c1-11(20)25-19-17(21)14-4-3-5-15(16(14)18(19)22)24-10-12-6-8-13(23-2)9-7-12/h3-9,19H,10H2,1-2H3. The van der Waals surface area contributed by atoms with E-state index in [9.17, 15) is 14.4 Å². The molecule has 128 valence electrons. The quantitative estimate of drug-likeness (QED) is 0.615. The smallest absolute Gasteiger partial charge is 0.303 e. The lowest BCUT2D eigenvalue weighted by Crippen LogP contribution is -2.27. The fourth-order valence-electron chi connectivity index (χ4n) is 2.66. The first kappa shape index (κ1) is 16.7. The second-order valence-corrected chi connectivity index (χ2v) is 5.53. The number of Topliss-reactive ketones (excluding diaryl/α,β-unsaturated/α-hetero) is 2. The van der Waals surface area contributed by atoms with Crippen LogP contribution in [0, 0.1) is 0 Å². The minimum Gasteiger partial charge on any atom is -0.497 e. The predicted molar refractivity (Wildman–Crippen MR) is 88.0 cm³/mol. The molecule has 0 aromatic heterocycles. The van der Waals surface area contributed by atoms with Gasteiger partial charge in [0.15, 0.2) is 0 Å². The van der Waals surface area contributed by atoms with Crippen molar-refractivity contribution < 1.29 is 28.6 Å². The van der Waals surface area contributed by atoms with Crippen LogP contribution in [0.4, 0.5) is 0 Å². The van der Waals surface area contributed by atoms with Gasteiger partial charge < -0.3 is 14.2 Å². The Balaban J connectivity index is 1.82. The summed E-state index contributed by atoms with van der Waals surface area (Å²) in [5.74, 6) is -0.735. The maximum absolute atomic E-state index is 12.5. The molecule has 6 nitrogen and oxygen atoms in total. The molecule has 0 saturated heterocycles. The Bertz CT molecular complexity index is 837. The molecule has 0 fully saturated rings. The minimum absolute atomic E-state index is 0.160. The van der Waals surface area contributed by atoms with Crippen molar-refractivity contribution in [3.8, 4) is 11.5 Å². The van der Waals surface area contributed by atoms with Gasteiger partial charge in [-0.05, 0) is 23.8 Å². The van der Waals surface area contributed by atoms with Crippen LogP contribution in [0.3, 0.4) is 0 Å². The van der Waals surface area contributed by atoms with Gasteiger partial charge in [0.2, 0.25) is 17.7 Å². The molecule has 0 N–H and O–H groups in total. The van der Waals surface area contributed by atoms with Gasteiger partial charge in [0.25, 0.3) is 0 Å². The first-order valence-electron chi connectivity index (χ1n) is 7.65. The number of esters is 1. The van der Waals surface area contributed by atoms with Gasteiger partial charge in [0.1, 0.15) is 18.1 Å². The molecule has 1 unspecified atom stereocenters. The summed E-state index contributed by atoms with van der Waals surface area (Å²) in [6.07, 6.45) is -1.42. The lowest BCUT2D eigenvalue weighted by atomic mass is 10.1. The fraction of sp³-hybridized carbons (Fsp3) is 0.211. The third-order valence-corrected chi connectivity index (χ3v) is 3.85. The second kappa shape index (κ2) is 6.76. The molecular weight excluding hydrogens is 324 g/mol. The van der Waals surface area contributed by atoms with Crippen LogP contribution in [0.2, 0.25) is 0 Å². The molecule has 0 spiro atoms. The maximum Gasteiger partial charge on any atom is 0.303 e. The Kier molecular flexibility index (Phi) is 4.52. The Hall–Kier alpha value is -3.15. The number of carbonyl (C=O) groups is 3. The number of ether oxygens (including phenoxy) is 3. The third-order valence-electron chi connectivity index (χ3n) is 3.85. The average Bonchev–Trinajstić information content (AvgIpc) is 2.85. The van der Waals surface area contributed by atoms with E-state index in [1.165, 1.54) is 6.07 Å². The van der Waals surface area contributed by atoms with Crippen LogP contribution in [0.25, 0.3) is 0 Å². The summed E-state index contributed by atoms with van der Waals surface area (Å²) >= 11 is 0. The Morgan fingerprint density at radius 3 is 2.40 bits per heavy atom. The number of ketones is 2. The topological polar surface area (TPSA) is 78.9 Å². The van der Waals surface area contributed by atoms with Gasteiger partial charge in [-0.3, -0.25) is 14.4 Å². The van der Waals surface area contributed by atoms with Crippen LogP contribution in [-0.4, -0.2) is 30.7 Å². The number of methoxy groups -OCH3 is 1. The molecule has 0 heterocycles. The Morgan fingerprint density at radius 1 is 1.04 bits per heavy atom. The van der Waals surface area contributed by atoms with Gasteiger partial charge >= 0.3 is 5.97 Å². The summed E-state index contributed by atoms with van der Waals surface area (Å²) in [6.45, 7) is 1.38. The van der Waals surface area contributed by atoms with Crippen molar-refractivity contribution in [3.63, 3.8) is 0 Å². The van der Waals surface area contributed by atoms with Gasteiger partial charge in [0.05, 0.1) is 12.7 Å². The van der Waals surface area contributed by atoms with E-state index in [0.717, 1.165) is 18.2 Å². The zero-order valence-electron chi connectivity index (χ0n) is 13.8. The summed E-state index contributed by atoms with van der Waals surface area (Å²) in [5, 5.41) is 0. The van der Waals surface area contributed by atoms with Crippen molar-refractivity contribution >= 4 is 17.5 Å². The van der Waals surface area contributed by atoms with Crippen LogP contribution < -0.4 is 9.47 Å². The number of benzene rings is 2. The highest BCUT2D eigenvalue weighted by Gasteiger charge is 2.43. The highest BCUT2D eigenvalue weighted by atomic mass is 16.5. The van der Waals surface area contributed by atoms with Gasteiger partial charge in [-0.1, -0.05) is 24.3 Å². The van der Waals surface area contributed by atoms with Crippen molar-refractivity contribution in [1.82, 2.24) is 0 Å². The highest BCUT2D eigenvalue weighted by molar-refractivity contribution is 6.30. The summed E-state index contributed by atoms with van der Waals surface area (Å²) in [6, 6.07) is 12.1. The Labute approximate surface area is 144 Å². The van der Waals surface area contributed by atoms with Gasteiger partial charge in [-0.25, -0.2) is 0 Å². The van der Waals surface area contributed by atoms with Crippen molar-refractivity contribution in [3.05, 3.63) is 59.2 Å². The fourth-order valence-corrected chi connectivity index (χ4v) is 2.66. The zero-order valence-corrected chi connectivity index (χ0v) is 13.8. The highest BCUT2D eigenvalue weighted by Crippen LogP contribution is 2.32. The normalized spacial score (nSPS) is 15.7. The van der Waals surface area contributed by atoms with Crippen LogP contribution in [0.5, 0.6) is 11.5 Å². The minimum atomic E-state index is -1.42. The summed E-state index contributed by atoms with van der Waals surface area (Å²) in [4.78, 5) is 35.9. The van der Waals surface area contributed by atoms with E-state index in [2.05, 4.69) is 0 Å². The molecule has 25 heavy (non-hydrogen) atoms. The van der Waals surface area contributed by atoms with E-state index in [1.54, 1.807) is 31.4 Å². The van der Waals surface area contributed by atoms with E-state index >= 15 is 0 Å². The number of hydrogen-bond acceptors (Lipinski definition) is 6. The predicted octanol–water partition coefficient (Wildman–Crippen LogP) is 2.58. The molecular formula is C19H16O6. The van der Waals surface area contributed by atoms with Crippen molar-refractivity contribution in [2.75, 3.05) is 7.11 Å². The number of hydrogen-bond donors (Lipinski definition) is 0. The molecule has 1 atom stereocenters. The van der Waals surface area contributed by atoms with Crippen LogP contribution in [0.1, 0.15) is 33.2 Å². The van der Waals surface area contributed by atoms with Crippen molar-refractivity contribution in [2.45, 2.75) is 19.6 Å². The molecule has 0 saturated carbocycles. The maximum atomic E-state index is 12.5. The van der Waals surface area contributed by atoms with Crippen LogP contribution in [0.15, 0.2) is 42.5 Å². The summed E-state index contributed by atoms with van der Waals surface area (Å²) in [7, 11) is 1.58. The summed E-state index contributed by atoms with van der Waals surface area (Å²) < 4.78 is 15.7. The number of fused-ring (bicyclic) bond motifs is 1. The van der Waals surface area contributed by atoms with E-state index in [0.29, 0.717) is 5.75 Å². The first-order valence-corrected chi connectivity index (χ1v) is 7.65. The Morgan fingerprint density at radius 2 is 1.76 bits per heavy atom. The van der Waals surface area contributed by atoms with E-state index in [1.807, 2.05) is 12.1 Å². The summed E-state index contributed by atoms with van der Waals surface area (Å²) in [5.41, 5.74) is 1.25. The molecule has 2 aromatic rings. The van der Waals surface area contributed by atoms with Crippen molar-refractivity contribution in [1.29, 1.82) is 0 Å². The lowest BCUT2D eigenvalue weighted by Gasteiger charge is -2.10. The monoisotopic (exact) mass is 340 g/mol. The van der Waals surface area contributed by atoms with Gasteiger partial charge in [0, 0.05) is 12.5 Å². The van der Waals surface area contributed by atoms with E-state index in [-0.39, 0.29) is 17.7 Å². The zero-order chi connectivity index (χ0) is 18.0. The second-order valence-electron chi connectivity index (χ2n) is 5.53. The van der Waals surface area contributed by atoms with Crippen LogP contribution >= 0.6 is 0 Å². The molecule has 1 aliphatic rings. The first-order chi connectivity index (χ1) is 12.0. The van der Waals surface area contributed by atoms with Gasteiger partial charge in [-0.2, -0.15) is 0 Å². The number of carbonyl (C=O) groups excluding carboxylic acids is 3. The van der Waals surface area contributed by atoms with E-state index < -0.39 is 23.6 Å². The molecule has 0 bridgehead atoms. The number of rotatable bonds is 5. The molecule has 1 aliphatic carbocycles. The molecule has 0 aliphatic heterocycles. The molecule has 6 heteroatoms.